The second-order valence-electron chi connectivity index (χ2n) is 13.4. The van der Waals surface area contributed by atoms with Gasteiger partial charge in [0.25, 0.3) is 0 Å². The Balaban J connectivity index is 0.000000682. The van der Waals surface area contributed by atoms with Gasteiger partial charge in [-0.15, -0.1) is 0 Å². The van der Waals surface area contributed by atoms with E-state index in [1.807, 2.05) is 95.2 Å². The molecule has 0 amide bonds. The van der Waals surface area contributed by atoms with Gasteiger partial charge in [-0.1, -0.05) is 95.2 Å². The second kappa shape index (κ2) is 11.7. The van der Waals surface area contributed by atoms with Crippen LogP contribution in [0.1, 0.15) is 126 Å². The Labute approximate surface area is 239 Å². The molecule has 0 aliphatic heterocycles. The predicted octanol–water partition coefficient (Wildman–Crippen LogP) is 4.32. The van der Waals surface area contributed by atoms with Crippen molar-refractivity contribution < 1.29 is 30.0 Å². The number of phenols is 2. The number of aromatic carboxylic acids is 2. The van der Waals surface area contributed by atoms with Gasteiger partial charge in [0.1, 0.15) is 11.5 Å². The summed E-state index contributed by atoms with van der Waals surface area (Å²) in [4.78, 5) is 22.2. The molecule has 0 aliphatic rings. The summed E-state index contributed by atoms with van der Waals surface area (Å²) in [6.07, 6.45) is 0. The molecule has 2 N–H and O–H groups in total. The summed E-state index contributed by atoms with van der Waals surface area (Å²) in [5.74, 6) is -3.06. The molecule has 0 fully saturated rings. The molecule has 0 heterocycles. The average Bonchev–Trinajstić information content (AvgIpc) is 2.64. The molecule has 0 bridgehead atoms. The zero-order valence-electron chi connectivity index (χ0n) is 24.3. The first kappa shape index (κ1) is 34.8. The zero-order chi connectivity index (χ0) is 28.6. The van der Waals surface area contributed by atoms with E-state index in [-0.39, 0.29) is 68.2 Å². The Kier molecular flexibility index (Phi) is 11.0. The van der Waals surface area contributed by atoms with E-state index in [1.54, 1.807) is 0 Å². The number of rotatable bonds is 2. The molecule has 0 unspecified atom stereocenters. The Bertz CT molecular complexity index is 1050. The number of carbonyl (C=O) groups excluding carboxylic acids is 2. The van der Waals surface area contributed by atoms with Gasteiger partial charge in [0.15, 0.2) is 0 Å². The summed E-state index contributed by atoms with van der Waals surface area (Å²) >= 11 is 0. The van der Waals surface area contributed by atoms with Gasteiger partial charge in [0.2, 0.25) is 0 Å². The average molecular weight is 617 g/mol. The minimum Gasteiger partial charge on any atom is -0.545 e. The molecule has 37 heavy (non-hydrogen) atoms. The van der Waals surface area contributed by atoms with Crippen molar-refractivity contribution in [2.24, 2.45) is 0 Å². The monoisotopic (exact) mass is 618 g/mol. The molecule has 0 spiro atoms. The van der Waals surface area contributed by atoms with E-state index >= 15 is 0 Å². The van der Waals surface area contributed by atoms with Crippen LogP contribution < -0.4 is 10.2 Å². The van der Waals surface area contributed by atoms with E-state index in [0.717, 1.165) is 11.1 Å². The summed E-state index contributed by atoms with van der Waals surface area (Å²) < 4.78 is 0. The van der Waals surface area contributed by atoms with E-state index in [9.17, 15) is 30.0 Å². The third kappa shape index (κ3) is 8.94. The van der Waals surface area contributed by atoms with Crippen LogP contribution in [0.3, 0.4) is 0 Å². The molecule has 6 nitrogen and oxygen atoms in total. The predicted molar refractivity (Wildman–Crippen MR) is 145 cm³/mol. The first-order valence-corrected chi connectivity index (χ1v) is 12.1. The number of carbonyl (C=O) groups is 2. The van der Waals surface area contributed by atoms with Gasteiger partial charge in [-0.25, -0.2) is 0 Å². The number of hydrogen-bond acceptors (Lipinski definition) is 6. The van der Waals surface area contributed by atoms with Gasteiger partial charge in [0, 0.05) is 22.3 Å². The molecule has 0 saturated carbocycles. The minimum absolute atomic E-state index is 0. The van der Waals surface area contributed by atoms with Crippen LogP contribution in [0.4, 0.5) is 0 Å². The fraction of sp³-hybridized carbons (Fsp3) is 0.533. The SMILES string of the molecule is CC(C)(C)c1cc(C(=O)[O-])c(O)c(C(C)(C)C)c1.CC(C)(C)c1cc(C(=O)[O-])c(O)c(C(C)(C)C)c1.[Sn+2]. The Morgan fingerprint density at radius 2 is 0.784 bits per heavy atom. The van der Waals surface area contributed by atoms with Crippen molar-refractivity contribution in [3.63, 3.8) is 0 Å². The van der Waals surface area contributed by atoms with Gasteiger partial charge in [-0.2, -0.15) is 0 Å². The first-order chi connectivity index (χ1) is 15.9. The molecule has 0 aromatic heterocycles. The third-order valence-corrected chi connectivity index (χ3v) is 6.01. The smallest absolute Gasteiger partial charge is 0.545 e. The van der Waals surface area contributed by atoms with Crippen molar-refractivity contribution in [1.82, 2.24) is 0 Å². The number of carboxylic acid groups (broad SMARTS) is 2. The largest absolute Gasteiger partial charge is 2.00 e. The zero-order valence-corrected chi connectivity index (χ0v) is 27.2. The van der Waals surface area contributed by atoms with Crippen LogP contribution >= 0.6 is 0 Å². The molecule has 2 radical (unpaired) electrons. The Morgan fingerprint density at radius 1 is 0.541 bits per heavy atom. The molecule has 0 atom stereocenters. The van der Waals surface area contributed by atoms with Crippen LogP contribution in [-0.4, -0.2) is 46.1 Å². The molecule has 7 heteroatoms. The molecular weight excluding hydrogens is 575 g/mol. The fourth-order valence-corrected chi connectivity index (χ4v) is 3.59. The van der Waals surface area contributed by atoms with E-state index in [0.29, 0.717) is 11.1 Å². The van der Waals surface area contributed by atoms with Crippen molar-refractivity contribution in [2.75, 3.05) is 0 Å². The van der Waals surface area contributed by atoms with Gasteiger partial charge in [-0.3, -0.25) is 0 Å². The van der Waals surface area contributed by atoms with E-state index < -0.39 is 11.9 Å². The van der Waals surface area contributed by atoms with Crippen molar-refractivity contribution >= 4 is 35.8 Å². The maximum atomic E-state index is 11.1. The molecule has 202 valence electrons. The van der Waals surface area contributed by atoms with Crippen molar-refractivity contribution in [2.45, 2.75) is 105 Å². The van der Waals surface area contributed by atoms with Crippen LogP contribution in [0.2, 0.25) is 0 Å². The van der Waals surface area contributed by atoms with E-state index in [4.69, 9.17) is 0 Å². The standard InChI is InChI=1S/2C15H22O3.Sn/c2*1-14(2,3)9-7-10(13(17)18)12(16)11(8-9)15(4,5)6;/h2*7-8,16H,1-6H3,(H,17,18);/q;;+2/p-2. The Hall–Kier alpha value is -2.22. The fourth-order valence-electron chi connectivity index (χ4n) is 3.59. The van der Waals surface area contributed by atoms with Gasteiger partial charge < -0.3 is 30.0 Å². The minimum atomic E-state index is -1.34. The molecule has 0 saturated heterocycles. The summed E-state index contributed by atoms with van der Waals surface area (Å²) in [7, 11) is 0. The first-order valence-electron chi connectivity index (χ1n) is 12.1. The second-order valence-corrected chi connectivity index (χ2v) is 13.4. The van der Waals surface area contributed by atoms with Crippen molar-refractivity contribution in [3.8, 4) is 11.5 Å². The Morgan fingerprint density at radius 3 is 0.946 bits per heavy atom. The summed E-state index contributed by atoms with van der Waals surface area (Å²) in [5, 5.41) is 42.3. The van der Waals surface area contributed by atoms with Gasteiger partial charge in [-0.05, 0) is 44.9 Å². The molecule has 0 aliphatic carbocycles. The number of aromatic hydroxyl groups is 2. The molecular formula is C30H42O6Sn. The van der Waals surface area contributed by atoms with Crippen LogP contribution in [0.15, 0.2) is 24.3 Å². The number of benzene rings is 2. The summed E-state index contributed by atoms with van der Waals surface area (Å²) in [6, 6.07) is 6.75. The number of hydrogen-bond donors (Lipinski definition) is 2. The number of carboxylic acids is 2. The van der Waals surface area contributed by atoms with Gasteiger partial charge >= 0.3 is 23.9 Å². The molecule has 2 aromatic carbocycles. The van der Waals surface area contributed by atoms with Crippen LogP contribution in [0, 0.1) is 0 Å². The quantitative estimate of drug-likeness (QED) is 0.485. The normalized spacial score (nSPS) is 12.2. The summed E-state index contributed by atoms with van der Waals surface area (Å²) in [6.45, 7) is 23.7. The maximum absolute atomic E-state index is 11.1. The van der Waals surface area contributed by atoms with Crippen molar-refractivity contribution in [3.05, 3.63) is 57.6 Å². The van der Waals surface area contributed by atoms with Crippen LogP contribution in [0.25, 0.3) is 0 Å². The molecule has 2 aromatic rings. The van der Waals surface area contributed by atoms with Gasteiger partial charge in [0.05, 0.1) is 11.9 Å². The van der Waals surface area contributed by atoms with E-state index in [2.05, 4.69) is 0 Å². The maximum Gasteiger partial charge on any atom is 2.00 e. The van der Waals surface area contributed by atoms with Crippen LogP contribution in [-0.2, 0) is 21.7 Å². The summed E-state index contributed by atoms with van der Waals surface area (Å²) in [5.41, 5.74) is 1.75. The van der Waals surface area contributed by atoms with Crippen LogP contribution in [0.5, 0.6) is 11.5 Å². The molecule has 2 rings (SSSR count). The third-order valence-electron chi connectivity index (χ3n) is 6.01. The van der Waals surface area contributed by atoms with E-state index in [1.165, 1.54) is 12.1 Å². The van der Waals surface area contributed by atoms with Crippen molar-refractivity contribution in [1.29, 1.82) is 0 Å². The topological polar surface area (TPSA) is 121 Å².